The molecule has 0 amide bonds. The molecule has 0 saturated carbocycles. The summed E-state index contributed by atoms with van der Waals surface area (Å²) in [6.07, 6.45) is 2.63. The lowest BCUT2D eigenvalue weighted by Crippen LogP contribution is -2.02. The third kappa shape index (κ3) is 2.08. The van der Waals surface area contributed by atoms with Crippen molar-refractivity contribution in [3.05, 3.63) is 36.0 Å². The van der Waals surface area contributed by atoms with Gasteiger partial charge in [0.2, 0.25) is 5.95 Å². The minimum Gasteiger partial charge on any atom is -0.368 e. The van der Waals surface area contributed by atoms with E-state index in [1.807, 2.05) is 18.2 Å². The zero-order valence-corrected chi connectivity index (χ0v) is 10.5. The highest BCUT2D eigenvalue weighted by Gasteiger charge is 2.09. The van der Waals surface area contributed by atoms with Crippen LogP contribution in [0.4, 0.5) is 17.5 Å². The van der Waals surface area contributed by atoms with Gasteiger partial charge in [0.05, 0.1) is 11.6 Å². The van der Waals surface area contributed by atoms with Gasteiger partial charge in [-0.3, -0.25) is 5.10 Å². The second-order valence-electron chi connectivity index (χ2n) is 4.20. The van der Waals surface area contributed by atoms with E-state index in [1.165, 1.54) is 5.56 Å². The number of hydrogen-bond acceptors (Lipinski definition) is 5. The van der Waals surface area contributed by atoms with E-state index >= 15 is 0 Å². The summed E-state index contributed by atoms with van der Waals surface area (Å²) in [4.78, 5) is 8.33. The molecule has 4 N–H and O–H groups in total. The van der Waals surface area contributed by atoms with Crippen molar-refractivity contribution in [2.45, 2.75) is 13.3 Å². The van der Waals surface area contributed by atoms with Crippen LogP contribution in [0.2, 0.25) is 0 Å². The number of aromatic nitrogens is 4. The number of nitrogens with two attached hydrogens (primary N) is 1. The van der Waals surface area contributed by atoms with Gasteiger partial charge in [0.15, 0.2) is 5.65 Å². The number of nitrogen functional groups attached to an aromatic ring is 1. The van der Waals surface area contributed by atoms with Crippen molar-refractivity contribution in [2.75, 3.05) is 11.1 Å². The Morgan fingerprint density at radius 2 is 2.11 bits per heavy atom. The van der Waals surface area contributed by atoms with Gasteiger partial charge in [-0.05, 0) is 18.1 Å². The van der Waals surface area contributed by atoms with Gasteiger partial charge in [-0.25, -0.2) is 0 Å². The number of H-pyrrole nitrogens is 1. The molecule has 1 aromatic carbocycles. The van der Waals surface area contributed by atoms with Crippen molar-refractivity contribution in [3.8, 4) is 0 Å². The quantitative estimate of drug-likeness (QED) is 0.666. The second kappa shape index (κ2) is 4.56. The van der Waals surface area contributed by atoms with Crippen LogP contribution in [0.25, 0.3) is 11.0 Å². The molecule has 0 spiro atoms. The minimum absolute atomic E-state index is 0.216. The van der Waals surface area contributed by atoms with Crippen LogP contribution < -0.4 is 11.1 Å². The van der Waals surface area contributed by atoms with E-state index in [2.05, 4.69) is 38.5 Å². The molecular formula is C13H14N6. The fourth-order valence-corrected chi connectivity index (χ4v) is 2.03. The Balaban J connectivity index is 2.07. The largest absolute Gasteiger partial charge is 0.368 e. The van der Waals surface area contributed by atoms with E-state index in [-0.39, 0.29) is 5.95 Å². The van der Waals surface area contributed by atoms with Crippen molar-refractivity contribution < 1.29 is 0 Å². The summed E-state index contributed by atoms with van der Waals surface area (Å²) in [6.45, 7) is 2.11. The lowest BCUT2D eigenvalue weighted by molar-refractivity contribution is 1.09. The van der Waals surface area contributed by atoms with Gasteiger partial charge >= 0.3 is 0 Å². The first kappa shape index (κ1) is 11.5. The molecule has 0 saturated heterocycles. The first-order chi connectivity index (χ1) is 9.28. The van der Waals surface area contributed by atoms with Crippen LogP contribution in [0, 0.1) is 0 Å². The van der Waals surface area contributed by atoms with Crippen molar-refractivity contribution in [2.24, 2.45) is 0 Å². The Morgan fingerprint density at radius 1 is 1.26 bits per heavy atom. The second-order valence-corrected chi connectivity index (χ2v) is 4.20. The third-order valence-corrected chi connectivity index (χ3v) is 2.98. The maximum absolute atomic E-state index is 5.70. The average Bonchev–Trinajstić information content (AvgIpc) is 2.87. The van der Waals surface area contributed by atoms with Crippen molar-refractivity contribution >= 4 is 28.5 Å². The van der Waals surface area contributed by atoms with E-state index in [4.69, 9.17) is 5.73 Å². The van der Waals surface area contributed by atoms with Crippen molar-refractivity contribution in [1.82, 2.24) is 20.2 Å². The molecule has 2 heterocycles. The van der Waals surface area contributed by atoms with Gasteiger partial charge in [-0.2, -0.15) is 15.1 Å². The molecule has 3 aromatic rings. The topological polar surface area (TPSA) is 92.5 Å². The number of para-hydroxylation sites is 1. The zero-order chi connectivity index (χ0) is 13.2. The fraction of sp³-hybridized carbons (Fsp3) is 0.154. The number of aromatic amines is 1. The predicted molar refractivity (Wildman–Crippen MR) is 75.2 cm³/mol. The van der Waals surface area contributed by atoms with Gasteiger partial charge in [0.1, 0.15) is 5.82 Å². The summed E-state index contributed by atoms with van der Waals surface area (Å²) in [5, 5.41) is 10.9. The van der Waals surface area contributed by atoms with Gasteiger partial charge < -0.3 is 11.1 Å². The number of benzene rings is 1. The van der Waals surface area contributed by atoms with Crippen LogP contribution in [-0.4, -0.2) is 20.2 Å². The molecular weight excluding hydrogens is 240 g/mol. The summed E-state index contributed by atoms with van der Waals surface area (Å²) in [5.74, 6) is 0.880. The van der Waals surface area contributed by atoms with E-state index in [9.17, 15) is 0 Å². The molecule has 0 fully saturated rings. The van der Waals surface area contributed by atoms with Gasteiger partial charge in [0.25, 0.3) is 0 Å². The van der Waals surface area contributed by atoms with E-state index < -0.39 is 0 Å². The monoisotopic (exact) mass is 254 g/mol. The average molecular weight is 254 g/mol. The molecule has 0 aliphatic heterocycles. The van der Waals surface area contributed by atoms with E-state index in [0.717, 1.165) is 17.5 Å². The highest BCUT2D eigenvalue weighted by atomic mass is 15.2. The summed E-state index contributed by atoms with van der Waals surface area (Å²) < 4.78 is 0. The normalized spacial score (nSPS) is 10.8. The fourth-order valence-electron chi connectivity index (χ4n) is 2.03. The Morgan fingerprint density at radius 3 is 2.95 bits per heavy atom. The van der Waals surface area contributed by atoms with E-state index in [0.29, 0.717) is 11.5 Å². The molecule has 96 valence electrons. The minimum atomic E-state index is 0.216. The highest BCUT2D eigenvalue weighted by Crippen LogP contribution is 2.25. The van der Waals surface area contributed by atoms with Crippen LogP contribution in [0.15, 0.2) is 30.5 Å². The predicted octanol–water partition coefficient (Wildman–Crippen LogP) is 2.24. The number of rotatable bonds is 3. The lowest BCUT2D eigenvalue weighted by atomic mass is 10.1. The first-order valence-corrected chi connectivity index (χ1v) is 6.09. The summed E-state index contributed by atoms with van der Waals surface area (Å²) >= 11 is 0. The van der Waals surface area contributed by atoms with Crippen LogP contribution in [-0.2, 0) is 6.42 Å². The third-order valence-electron chi connectivity index (χ3n) is 2.98. The van der Waals surface area contributed by atoms with Gasteiger partial charge in [-0.15, -0.1) is 0 Å². The molecule has 6 heteroatoms. The highest BCUT2D eigenvalue weighted by molar-refractivity contribution is 5.89. The molecule has 19 heavy (non-hydrogen) atoms. The SMILES string of the molecule is CCc1ccccc1Nc1nc(N)nc2[nH]ncc12. The Labute approximate surface area is 110 Å². The smallest absolute Gasteiger partial charge is 0.224 e. The number of hydrogen-bond donors (Lipinski definition) is 3. The first-order valence-electron chi connectivity index (χ1n) is 6.09. The van der Waals surface area contributed by atoms with Crippen LogP contribution in [0.1, 0.15) is 12.5 Å². The Hall–Kier alpha value is -2.63. The number of nitrogens with one attached hydrogen (secondary N) is 2. The molecule has 0 radical (unpaired) electrons. The van der Waals surface area contributed by atoms with E-state index in [1.54, 1.807) is 6.20 Å². The summed E-state index contributed by atoms with van der Waals surface area (Å²) in [7, 11) is 0. The standard InChI is InChI=1S/C13H14N6/c1-2-8-5-3-4-6-10(8)16-11-9-7-15-19-12(9)18-13(14)17-11/h3-7H,2H2,1H3,(H4,14,15,16,17,18,19). The molecule has 6 nitrogen and oxygen atoms in total. The molecule has 3 rings (SSSR count). The van der Waals surface area contributed by atoms with Crippen LogP contribution in [0.3, 0.4) is 0 Å². The number of aryl methyl sites for hydroxylation is 1. The molecule has 0 bridgehead atoms. The summed E-state index contributed by atoms with van der Waals surface area (Å²) in [5.41, 5.74) is 8.56. The Kier molecular flexibility index (Phi) is 2.75. The Bertz CT molecular complexity index is 718. The molecule has 0 aliphatic carbocycles. The number of nitrogens with zero attached hydrogens (tertiary/aromatic N) is 3. The molecule has 0 aliphatic rings. The van der Waals surface area contributed by atoms with Gasteiger partial charge in [0, 0.05) is 5.69 Å². The number of fused-ring (bicyclic) bond motifs is 1. The maximum Gasteiger partial charge on any atom is 0.224 e. The summed E-state index contributed by atoms with van der Waals surface area (Å²) in [6, 6.07) is 8.10. The van der Waals surface area contributed by atoms with Crippen molar-refractivity contribution in [1.29, 1.82) is 0 Å². The molecule has 0 unspecified atom stereocenters. The van der Waals surface area contributed by atoms with Gasteiger partial charge in [-0.1, -0.05) is 25.1 Å². The lowest BCUT2D eigenvalue weighted by Gasteiger charge is -2.10. The maximum atomic E-state index is 5.70. The number of anilines is 3. The molecule has 0 atom stereocenters. The molecule has 2 aromatic heterocycles. The van der Waals surface area contributed by atoms with Crippen LogP contribution in [0.5, 0.6) is 0 Å². The van der Waals surface area contributed by atoms with Crippen molar-refractivity contribution in [3.63, 3.8) is 0 Å². The zero-order valence-electron chi connectivity index (χ0n) is 10.5. The van der Waals surface area contributed by atoms with Crippen LogP contribution >= 0.6 is 0 Å².